The Morgan fingerprint density at radius 3 is 2.74 bits per heavy atom. The molecule has 1 saturated carbocycles. The topological polar surface area (TPSA) is 71.5 Å². The summed E-state index contributed by atoms with van der Waals surface area (Å²) in [6.07, 6.45) is 5.60. The molecule has 1 saturated heterocycles. The van der Waals surface area contributed by atoms with E-state index in [-0.39, 0.29) is 22.7 Å². The van der Waals surface area contributed by atoms with E-state index in [4.69, 9.17) is 21.3 Å². The average molecular weight is 385 g/mol. The molecule has 1 aromatic heterocycles. The first kappa shape index (κ1) is 17.9. The number of halogens is 1. The van der Waals surface area contributed by atoms with Crippen molar-refractivity contribution in [2.45, 2.75) is 37.6 Å². The number of benzene rings is 1. The number of phenolic OH excluding ortho intramolecular Hbond substituents is 1. The number of aromatic hydroxyl groups is 1. The minimum atomic E-state index is -0.0593. The first-order valence-corrected chi connectivity index (χ1v) is 9.48. The molecule has 0 radical (unpaired) electrons. The van der Waals surface area contributed by atoms with Crippen molar-refractivity contribution in [3.63, 3.8) is 0 Å². The Morgan fingerprint density at radius 2 is 2.11 bits per heavy atom. The average Bonchev–Trinajstić information content (AvgIpc) is 3.43. The van der Waals surface area contributed by atoms with Crippen molar-refractivity contribution in [1.82, 2.24) is 10.3 Å². The fraction of sp³-hybridized carbons (Fsp3) is 0.333. The smallest absolute Gasteiger partial charge is 0.220 e. The Bertz CT molecular complexity index is 922. The van der Waals surface area contributed by atoms with Crippen LogP contribution in [0.25, 0.3) is 5.57 Å². The van der Waals surface area contributed by atoms with Crippen LogP contribution in [0.15, 0.2) is 36.4 Å². The van der Waals surface area contributed by atoms with Crippen molar-refractivity contribution < 1.29 is 14.6 Å². The lowest BCUT2D eigenvalue weighted by Crippen LogP contribution is -2.23. The van der Waals surface area contributed by atoms with Crippen molar-refractivity contribution in [3.05, 3.63) is 58.3 Å². The molecular weight excluding hydrogens is 364 g/mol. The van der Waals surface area contributed by atoms with Crippen LogP contribution in [0.5, 0.6) is 11.6 Å². The number of rotatable bonds is 5. The second-order valence-corrected chi connectivity index (χ2v) is 7.44. The molecule has 2 fully saturated rings. The maximum atomic E-state index is 11.6. The van der Waals surface area contributed by atoms with Gasteiger partial charge in [-0.15, -0.1) is 0 Å². The molecule has 140 valence electrons. The van der Waals surface area contributed by atoms with Crippen LogP contribution in [0.4, 0.5) is 0 Å². The molecule has 1 aromatic carbocycles. The third-order valence-corrected chi connectivity index (χ3v) is 5.33. The number of ether oxygens (including phenoxy) is 1. The van der Waals surface area contributed by atoms with Gasteiger partial charge in [0.15, 0.2) is 0 Å². The van der Waals surface area contributed by atoms with Gasteiger partial charge in [0.05, 0.1) is 17.8 Å². The minimum Gasteiger partial charge on any atom is -0.506 e. The normalized spacial score (nSPS) is 19.9. The lowest BCUT2D eigenvalue weighted by atomic mass is 9.98. The number of carbonyl (C=O) groups excluding carboxylic acids is 1. The first-order chi connectivity index (χ1) is 13.0. The van der Waals surface area contributed by atoms with E-state index in [2.05, 4.69) is 11.4 Å². The summed E-state index contributed by atoms with van der Waals surface area (Å²) in [6.45, 7) is 0. The van der Waals surface area contributed by atoms with Gasteiger partial charge in [-0.2, -0.15) is 0 Å². The standard InChI is InChI=1S/C21H21ClN2O3/c1-27-21-15(12-2-3-12)6-7-18(24-21)16(11-14-5-9-20(26)23-14)13-4-8-19(25)17(22)10-13/h4,6-8,10-12,14,25H,2-3,5,9H2,1H3,(H,23,26)/t14-/m1/s1. The number of nitrogens with zero attached hydrogens (tertiary/aromatic N) is 1. The molecule has 6 heteroatoms. The number of pyridine rings is 1. The maximum absolute atomic E-state index is 11.6. The lowest BCUT2D eigenvalue weighted by molar-refractivity contribution is -0.119. The maximum Gasteiger partial charge on any atom is 0.220 e. The molecule has 1 aliphatic heterocycles. The van der Waals surface area contributed by atoms with Crippen LogP contribution in [0, 0.1) is 0 Å². The summed E-state index contributed by atoms with van der Waals surface area (Å²) in [5.74, 6) is 1.25. The largest absolute Gasteiger partial charge is 0.506 e. The molecule has 1 amide bonds. The number of amides is 1. The Kier molecular flexibility index (Phi) is 4.79. The highest BCUT2D eigenvalue weighted by molar-refractivity contribution is 6.32. The Hall–Kier alpha value is -2.53. The summed E-state index contributed by atoms with van der Waals surface area (Å²) >= 11 is 6.13. The van der Waals surface area contributed by atoms with Crippen LogP contribution in [0.2, 0.25) is 5.02 Å². The highest BCUT2D eigenvalue weighted by atomic mass is 35.5. The molecule has 1 aliphatic carbocycles. The summed E-state index contributed by atoms with van der Waals surface area (Å²) in [5.41, 5.74) is 3.56. The molecule has 2 aromatic rings. The van der Waals surface area contributed by atoms with Crippen LogP contribution < -0.4 is 10.1 Å². The molecule has 2 heterocycles. The van der Waals surface area contributed by atoms with Crippen molar-refractivity contribution in [2.24, 2.45) is 0 Å². The van der Waals surface area contributed by atoms with Gasteiger partial charge in [-0.25, -0.2) is 4.98 Å². The van der Waals surface area contributed by atoms with Gasteiger partial charge in [0.1, 0.15) is 5.75 Å². The molecule has 4 rings (SSSR count). The fourth-order valence-corrected chi connectivity index (χ4v) is 3.62. The summed E-state index contributed by atoms with van der Waals surface area (Å²) in [7, 11) is 1.63. The van der Waals surface area contributed by atoms with Gasteiger partial charge in [-0.3, -0.25) is 4.79 Å². The van der Waals surface area contributed by atoms with Crippen LogP contribution in [0.1, 0.15) is 48.4 Å². The monoisotopic (exact) mass is 384 g/mol. The summed E-state index contributed by atoms with van der Waals surface area (Å²) < 4.78 is 5.53. The Balaban J connectivity index is 1.78. The van der Waals surface area contributed by atoms with Crippen molar-refractivity contribution in [2.75, 3.05) is 7.11 Å². The molecule has 2 N–H and O–H groups in total. The van der Waals surface area contributed by atoms with Gasteiger partial charge in [0.25, 0.3) is 0 Å². The van der Waals surface area contributed by atoms with Crippen LogP contribution in [0.3, 0.4) is 0 Å². The van der Waals surface area contributed by atoms with Gasteiger partial charge in [-0.05, 0) is 48.9 Å². The predicted octanol–water partition coefficient (Wildman–Crippen LogP) is 4.04. The molecule has 0 unspecified atom stereocenters. The molecule has 0 bridgehead atoms. The second kappa shape index (κ2) is 7.24. The number of carbonyl (C=O) groups is 1. The van der Waals surface area contributed by atoms with E-state index < -0.39 is 0 Å². The van der Waals surface area contributed by atoms with E-state index in [1.54, 1.807) is 25.3 Å². The molecule has 5 nitrogen and oxygen atoms in total. The van der Waals surface area contributed by atoms with Gasteiger partial charge < -0.3 is 15.2 Å². The van der Waals surface area contributed by atoms with Crippen molar-refractivity contribution >= 4 is 23.1 Å². The number of phenols is 1. The van der Waals surface area contributed by atoms with E-state index in [9.17, 15) is 9.90 Å². The van der Waals surface area contributed by atoms with Crippen molar-refractivity contribution in [1.29, 1.82) is 0 Å². The molecule has 1 atom stereocenters. The summed E-state index contributed by atoms with van der Waals surface area (Å²) in [5, 5.41) is 13.0. The summed E-state index contributed by atoms with van der Waals surface area (Å²) in [6, 6.07) is 9.07. The highest BCUT2D eigenvalue weighted by Gasteiger charge is 2.28. The first-order valence-electron chi connectivity index (χ1n) is 9.10. The van der Waals surface area contributed by atoms with E-state index >= 15 is 0 Å². The Morgan fingerprint density at radius 1 is 1.30 bits per heavy atom. The lowest BCUT2D eigenvalue weighted by Gasteiger charge is -2.14. The predicted molar refractivity (Wildman–Crippen MR) is 104 cm³/mol. The minimum absolute atomic E-state index is 0.0311. The van der Waals surface area contributed by atoms with Gasteiger partial charge in [0.2, 0.25) is 11.8 Å². The van der Waals surface area contributed by atoms with Crippen LogP contribution >= 0.6 is 11.6 Å². The number of nitrogens with one attached hydrogen (secondary N) is 1. The second-order valence-electron chi connectivity index (χ2n) is 7.03. The fourth-order valence-electron chi connectivity index (χ4n) is 3.44. The van der Waals surface area contributed by atoms with E-state index in [0.717, 1.165) is 28.8 Å². The van der Waals surface area contributed by atoms with Gasteiger partial charge in [0, 0.05) is 23.6 Å². The van der Waals surface area contributed by atoms with Crippen molar-refractivity contribution in [3.8, 4) is 11.6 Å². The number of methoxy groups -OCH3 is 1. The third kappa shape index (κ3) is 3.78. The van der Waals surface area contributed by atoms with Crippen LogP contribution in [-0.4, -0.2) is 29.1 Å². The summed E-state index contributed by atoms with van der Waals surface area (Å²) in [4.78, 5) is 16.3. The molecule has 2 aliphatic rings. The zero-order valence-electron chi connectivity index (χ0n) is 15.0. The van der Waals surface area contributed by atoms with E-state index in [0.29, 0.717) is 18.2 Å². The Labute approximate surface area is 163 Å². The molecular formula is C21H21ClN2O3. The number of hydrogen-bond donors (Lipinski definition) is 2. The zero-order valence-corrected chi connectivity index (χ0v) is 15.8. The van der Waals surface area contributed by atoms with Gasteiger partial charge >= 0.3 is 0 Å². The quantitative estimate of drug-likeness (QED) is 0.816. The SMILES string of the molecule is COc1nc(C(=C[C@H]2CCC(=O)N2)c2ccc(O)c(Cl)c2)ccc1C1CC1. The molecule has 27 heavy (non-hydrogen) atoms. The van der Waals surface area contributed by atoms with Crippen LogP contribution in [-0.2, 0) is 4.79 Å². The van der Waals surface area contributed by atoms with E-state index in [1.165, 1.54) is 12.8 Å². The van der Waals surface area contributed by atoms with E-state index in [1.807, 2.05) is 12.1 Å². The zero-order chi connectivity index (χ0) is 19.0. The highest BCUT2D eigenvalue weighted by Crippen LogP contribution is 2.44. The number of hydrogen-bond acceptors (Lipinski definition) is 4. The number of aromatic nitrogens is 1. The van der Waals surface area contributed by atoms with Gasteiger partial charge in [-0.1, -0.05) is 29.8 Å². The molecule has 0 spiro atoms. The third-order valence-electron chi connectivity index (χ3n) is 5.03.